The fourth-order valence-corrected chi connectivity index (χ4v) is 3.78. The highest BCUT2D eigenvalue weighted by atomic mass is 32.2. The zero-order valence-electron chi connectivity index (χ0n) is 11.5. The van der Waals surface area contributed by atoms with E-state index in [9.17, 15) is 23.1 Å². The predicted molar refractivity (Wildman–Crippen MR) is 75.5 cm³/mol. The molecule has 2 rings (SSSR count). The van der Waals surface area contributed by atoms with E-state index < -0.39 is 31.6 Å². The average Bonchev–Trinajstić information content (AvgIpc) is 2.46. The maximum Gasteiger partial charge on any atom is 0.325 e. The van der Waals surface area contributed by atoms with E-state index in [2.05, 4.69) is 9.71 Å². The molecule has 1 aromatic heterocycles. The number of aromatic nitrogens is 2. The Kier molecular flexibility index (Phi) is 4.64. The topological polar surface area (TPSA) is 132 Å². The lowest BCUT2D eigenvalue weighted by Gasteiger charge is -2.35. The second kappa shape index (κ2) is 6.12. The number of H-pyrrole nitrogens is 2. The van der Waals surface area contributed by atoms with Gasteiger partial charge in [-0.15, -0.1) is 0 Å². The van der Waals surface area contributed by atoms with E-state index in [4.69, 9.17) is 0 Å². The average molecular weight is 317 g/mol. The summed E-state index contributed by atoms with van der Waals surface area (Å²) in [4.78, 5) is 25.9. The van der Waals surface area contributed by atoms with E-state index in [0.717, 1.165) is 38.3 Å². The first-order valence-corrected chi connectivity index (χ1v) is 8.29. The summed E-state index contributed by atoms with van der Waals surface area (Å²) in [6, 6.07) is 0. The van der Waals surface area contributed by atoms with Gasteiger partial charge in [0.05, 0.1) is 0 Å². The molecule has 0 aromatic carbocycles. The molecule has 0 atom stereocenters. The number of hydrogen-bond donors (Lipinski definition) is 4. The van der Waals surface area contributed by atoms with Crippen LogP contribution in [0.3, 0.4) is 0 Å². The van der Waals surface area contributed by atoms with Crippen molar-refractivity contribution in [1.82, 2.24) is 14.7 Å². The second-order valence-corrected chi connectivity index (χ2v) is 7.21. The molecular formula is C12H19N3O5S. The van der Waals surface area contributed by atoms with Crippen molar-refractivity contribution in [3.05, 3.63) is 27.0 Å². The Morgan fingerprint density at radius 1 is 1.24 bits per heavy atom. The Balaban J connectivity index is 2.17. The molecule has 1 heterocycles. The van der Waals surface area contributed by atoms with Crippen molar-refractivity contribution in [2.75, 3.05) is 13.2 Å². The third-order valence-electron chi connectivity index (χ3n) is 3.96. The smallest absolute Gasteiger partial charge is 0.325 e. The maximum atomic E-state index is 12.1. The molecule has 118 valence electrons. The molecule has 0 aliphatic heterocycles. The molecule has 0 amide bonds. The number of sulfonamides is 1. The molecule has 1 aromatic rings. The fourth-order valence-electron chi connectivity index (χ4n) is 2.62. The van der Waals surface area contributed by atoms with Gasteiger partial charge in [-0.25, -0.2) is 17.9 Å². The van der Waals surface area contributed by atoms with Gasteiger partial charge < -0.3 is 10.1 Å². The zero-order valence-corrected chi connectivity index (χ0v) is 12.3. The van der Waals surface area contributed by atoms with Crippen LogP contribution in [-0.4, -0.2) is 36.6 Å². The first-order chi connectivity index (χ1) is 9.88. The minimum atomic E-state index is -4.03. The first kappa shape index (κ1) is 15.9. The number of aromatic amines is 2. The number of nitrogens with one attached hydrogen (secondary N) is 3. The molecule has 0 bridgehead atoms. The summed E-state index contributed by atoms with van der Waals surface area (Å²) < 4.78 is 26.6. The van der Waals surface area contributed by atoms with E-state index in [1.165, 1.54) is 0 Å². The lowest BCUT2D eigenvalue weighted by atomic mass is 9.75. The van der Waals surface area contributed by atoms with E-state index in [0.29, 0.717) is 0 Å². The highest BCUT2D eigenvalue weighted by Gasteiger charge is 2.33. The molecule has 0 unspecified atom stereocenters. The molecular weight excluding hydrogens is 298 g/mol. The van der Waals surface area contributed by atoms with Crippen LogP contribution < -0.4 is 16.0 Å². The van der Waals surface area contributed by atoms with Crippen LogP contribution in [0.4, 0.5) is 0 Å². The SMILES string of the molecule is O=c1[nH]cc(S(=O)(=O)NCC2(CO)CCCCC2)c(=O)[nH]1. The van der Waals surface area contributed by atoms with Crippen LogP contribution in [0.1, 0.15) is 32.1 Å². The van der Waals surface area contributed by atoms with E-state index in [1.54, 1.807) is 0 Å². The summed E-state index contributed by atoms with van der Waals surface area (Å²) in [5.41, 5.74) is -2.20. The van der Waals surface area contributed by atoms with Crippen molar-refractivity contribution in [1.29, 1.82) is 0 Å². The molecule has 0 spiro atoms. The van der Waals surface area contributed by atoms with Gasteiger partial charge in [-0.2, -0.15) is 0 Å². The normalized spacial score (nSPS) is 18.5. The Morgan fingerprint density at radius 2 is 1.90 bits per heavy atom. The molecule has 21 heavy (non-hydrogen) atoms. The summed E-state index contributed by atoms with van der Waals surface area (Å²) in [5, 5.41) is 9.55. The monoisotopic (exact) mass is 317 g/mol. The quantitative estimate of drug-likeness (QED) is 0.569. The maximum absolute atomic E-state index is 12.1. The fraction of sp³-hybridized carbons (Fsp3) is 0.667. The molecule has 8 nitrogen and oxygen atoms in total. The summed E-state index contributed by atoms with van der Waals surface area (Å²) in [7, 11) is -4.03. The van der Waals surface area contributed by atoms with Crippen LogP contribution in [0.25, 0.3) is 0 Å². The van der Waals surface area contributed by atoms with Gasteiger partial charge in [0.2, 0.25) is 10.0 Å². The Hall–Kier alpha value is -1.45. The first-order valence-electron chi connectivity index (χ1n) is 6.81. The third kappa shape index (κ3) is 3.60. The van der Waals surface area contributed by atoms with Crippen LogP contribution >= 0.6 is 0 Å². The van der Waals surface area contributed by atoms with Gasteiger partial charge in [0, 0.05) is 24.8 Å². The number of aliphatic hydroxyl groups is 1. The lowest BCUT2D eigenvalue weighted by molar-refractivity contribution is 0.0867. The number of hydrogen-bond acceptors (Lipinski definition) is 5. The Morgan fingerprint density at radius 3 is 2.48 bits per heavy atom. The van der Waals surface area contributed by atoms with Crippen molar-refractivity contribution < 1.29 is 13.5 Å². The van der Waals surface area contributed by atoms with E-state index in [1.807, 2.05) is 4.98 Å². The van der Waals surface area contributed by atoms with Crippen molar-refractivity contribution >= 4 is 10.0 Å². The Bertz CT molecular complexity index is 700. The van der Waals surface area contributed by atoms with Crippen LogP contribution in [-0.2, 0) is 10.0 Å². The number of rotatable bonds is 5. The van der Waals surface area contributed by atoms with Gasteiger partial charge in [-0.3, -0.25) is 9.78 Å². The zero-order chi connectivity index (χ0) is 15.5. The van der Waals surface area contributed by atoms with Crippen molar-refractivity contribution in [2.45, 2.75) is 37.0 Å². The highest BCUT2D eigenvalue weighted by Crippen LogP contribution is 2.35. The summed E-state index contributed by atoms with van der Waals surface area (Å²) in [5.74, 6) is 0. The molecule has 1 fully saturated rings. The Labute approximate surface area is 121 Å². The molecule has 0 radical (unpaired) electrons. The largest absolute Gasteiger partial charge is 0.396 e. The molecule has 4 N–H and O–H groups in total. The summed E-state index contributed by atoms with van der Waals surface area (Å²) >= 11 is 0. The summed E-state index contributed by atoms with van der Waals surface area (Å²) in [6.07, 6.45) is 5.33. The van der Waals surface area contributed by atoms with Crippen LogP contribution in [0, 0.1) is 5.41 Å². The van der Waals surface area contributed by atoms with Gasteiger partial charge in [-0.1, -0.05) is 19.3 Å². The third-order valence-corrected chi connectivity index (χ3v) is 5.37. The molecule has 1 aliphatic rings. The molecule has 1 saturated carbocycles. The van der Waals surface area contributed by atoms with Gasteiger partial charge in [0.25, 0.3) is 5.56 Å². The minimum Gasteiger partial charge on any atom is -0.396 e. The van der Waals surface area contributed by atoms with Crippen LogP contribution in [0.2, 0.25) is 0 Å². The van der Waals surface area contributed by atoms with Crippen molar-refractivity contribution in [2.24, 2.45) is 5.41 Å². The van der Waals surface area contributed by atoms with Gasteiger partial charge in [0.1, 0.15) is 0 Å². The standard InChI is InChI=1S/C12H19N3O5S/c16-8-12(4-2-1-3-5-12)7-14-21(19,20)9-6-13-11(18)15-10(9)17/h6,14,16H,1-5,7-8H2,(H2,13,15,17,18). The van der Waals surface area contributed by atoms with Gasteiger partial charge in [-0.05, 0) is 12.8 Å². The summed E-state index contributed by atoms with van der Waals surface area (Å²) in [6.45, 7) is -0.0259. The lowest BCUT2D eigenvalue weighted by Crippen LogP contribution is -2.42. The molecule has 9 heteroatoms. The minimum absolute atomic E-state index is 0.0738. The van der Waals surface area contributed by atoms with Crippen LogP contribution in [0.5, 0.6) is 0 Å². The second-order valence-electron chi connectivity index (χ2n) is 5.48. The van der Waals surface area contributed by atoms with Gasteiger partial charge >= 0.3 is 5.69 Å². The number of aliphatic hydroxyl groups excluding tert-OH is 1. The molecule has 1 aliphatic carbocycles. The van der Waals surface area contributed by atoms with Crippen LogP contribution in [0.15, 0.2) is 20.7 Å². The van der Waals surface area contributed by atoms with E-state index in [-0.39, 0.29) is 13.2 Å². The molecule has 0 saturated heterocycles. The van der Waals surface area contributed by atoms with Crippen molar-refractivity contribution in [3.8, 4) is 0 Å². The predicted octanol–water partition coefficient (Wildman–Crippen LogP) is -0.716. The van der Waals surface area contributed by atoms with Gasteiger partial charge in [0.15, 0.2) is 4.90 Å². The highest BCUT2D eigenvalue weighted by molar-refractivity contribution is 7.89. The van der Waals surface area contributed by atoms with Crippen molar-refractivity contribution in [3.63, 3.8) is 0 Å². The van der Waals surface area contributed by atoms with E-state index >= 15 is 0 Å².